The summed E-state index contributed by atoms with van der Waals surface area (Å²) in [4.78, 5) is 1.37. The SMILES string of the molecule is Cn1nnc(Cn2cnnc2CO)n1. The van der Waals surface area contributed by atoms with Crippen molar-refractivity contribution < 1.29 is 5.11 Å². The Morgan fingerprint density at radius 3 is 2.93 bits per heavy atom. The third kappa shape index (κ3) is 1.59. The number of aromatic nitrogens is 7. The van der Waals surface area contributed by atoms with E-state index >= 15 is 0 Å². The molecule has 0 unspecified atom stereocenters. The van der Waals surface area contributed by atoms with Crippen LogP contribution in [0.4, 0.5) is 0 Å². The van der Waals surface area contributed by atoms with Gasteiger partial charge in [0.25, 0.3) is 0 Å². The number of nitrogens with zero attached hydrogens (tertiary/aromatic N) is 7. The Hall–Kier alpha value is -1.83. The maximum atomic E-state index is 8.91. The Labute approximate surface area is 79.2 Å². The molecular formula is C6H9N7O. The fraction of sp³-hybridized carbons (Fsp3) is 0.500. The van der Waals surface area contributed by atoms with E-state index in [0.29, 0.717) is 18.2 Å². The topological polar surface area (TPSA) is 94.5 Å². The molecule has 0 aliphatic heterocycles. The molecule has 1 N–H and O–H groups in total. The molecule has 14 heavy (non-hydrogen) atoms. The monoisotopic (exact) mass is 195 g/mol. The van der Waals surface area contributed by atoms with E-state index in [1.54, 1.807) is 11.6 Å². The second-order valence-corrected chi connectivity index (χ2v) is 2.73. The fourth-order valence-corrected chi connectivity index (χ4v) is 1.07. The van der Waals surface area contributed by atoms with Gasteiger partial charge < -0.3 is 9.67 Å². The van der Waals surface area contributed by atoms with Gasteiger partial charge >= 0.3 is 0 Å². The summed E-state index contributed by atoms with van der Waals surface area (Å²) in [6.07, 6.45) is 1.52. The van der Waals surface area contributed by atoms with Crippen LogP contribution in [0.2, 0.25) is 0 Å². The van der Waals surface area contributed by atoms with Gasteiger partial charge in [-0.2, -0.15) is 4.80 Å². The molecule has 2 heterocycles. The highest BCUT2D eigenvalue weighted by atomic mass is 16.3. The molecule has 8 nitrogen and oxygen atoms in total. The molecule has 0 saturated carbocycles. The normalized spacial score (nSPS) is 10.7. The minimum absolute atomic E-state index is 0.153. The fourth-order valence-electron chi connectivity index (χ4n) is 1.07. The summed E-state index contributed by atoms with van der Waals surface area (Å²) < 4.78 is 1.66. The van der Waals surface area contributed by atoms with Gasteiger partial charge in [0.1, 0.15) is 12.9 Å². The summed E-state index contributed by atoms with van der Waals surface area (Å²) in [5.74, 6) is 1.04. The Morgan fingerprint density at radius 2 is 2.29 bits per heavy atom. The Morgan fingerprint density at radius 1 is 1.43 bits per heavy atom. The summed E-state index contributed by atoms with van der Waals surface area (Å²) in [5.41, 5.74) is 0. The van der Waals surface area contributed by atoms with Crippen molar-refractivity contribution in [3.05, 3.63) is 18.0 Å². The van der Waals surface area contributed by atoms with Crippen LogP contribution in [0.1, 0.15) is 11.6 Å². The molecule has 8 heteroatoms. The van der Waals surface area contributed by atoms with Gasteiger partial charge in [0, 0.05) is 0 Å². The zero-order valence-electron chi connectivity index (χ0n) is 7.57. The van der Waals surface area contributed by atoms with Gasteiger partial charge in [-0.1, -0.05) is 0 Å². The van der Waals surface area contributed by atoms with Crippen LogP contribution in [-0.2, 0) is 20.2 Å². The molecule has 0 saturated heterocycles. The molecule has 0 aromatic carbocycles. The van der Waals surface area contributed by atoms with Crippen molar-refractivity contribution in [1.82, 2.24) is 35.0 Å². The molecule has 74 valence electrons. The maximum absolute atomic E-state index is 8.91. The lowest BCUT2D eigenvalue weighted by Gasteiger charge is -1.99. The zero-order chi connectivity index (χ0) is 9.97. The second kappa shape index (κ2) is 3.50. The van der Waals surface area contributed by atoms with Crippen molar-refractivity contribution in [1.29, 1.82) is 0 Å². The average molecular weight is 195 g/mol. The van der Waals surface area contributed by atoms with Crippen LogP contribution < -0.4 is 0 Å². The minimum Gasteiger partial charge on any atom is -0.388 e. The Kier molecular flexibility index (Phi) is 2.19. The molecule has 0 amide bonds. The molecule has 0 fully saturated rings. The molecule has 0 aliphatic carbocycles. The van der Waals surface area contributed by atoms with Crippen molar-refractivity contribution >= 4 is 0 Å². The lowest BCUT2D eigenvalue weighted by Crippen LogP contribution is -2.06. The van der Waals surface area contributed by atoms with Gasteiger partial charge in [-0.3, -0.25) is 0 Å². The van der Waals surface area contributed by atoms with E-state index in [9.17, 15) is 0 Å². The van der Waals surface area contributed by atoms with Gasteiger partial charge in [-0.15, -0.1) is 20.4 Å². The summed E-state index contributed by atoms with van der Waals surface area (Å²) in [5, 5.41) is 27.8. The molecule has 2 rings (SSSR count). The highest BCUT2D eigenvalue weighted by molar-refractivity contribution is 4.88. The summed E-state index contributed by atoms with van der Waals surface area (Å²) >= 11 is 0. The molecule has 0 bridgehead atoms. The van der Waals surface area contributed by atoms with Crippen LogP contribution >= 0.6 is 0 Å². The van der Waals surface area contributed by atoms with E-state index < -0.39 is 0 Å². The summed E-state index contributed by atoms with van der Waals surface area (Å²) in [6.45, 7) is 0.261. The molecule has 0 atom stereocenters. The second-order valence-electron chi connectivity index (χ2n) is 2.73. The molecule has 2 aromatic rings. The highest BCUT2D eigenvalue weighted by Gasteiger charge is 2.06. The predicted octanol–water partition coefficient (Wildman–Crippen LogP) is -1.66. The van der Waals surface area contributed by atoms with E-state index in [1.165, 1.54) is 11.1 Å². The van der Waals surface area contributed by atoms with E-state index in [0.717, 1.165) is 0 Å². The van der Waals surface area contributed by atoms with Gasteiger partial charge in [0.2, 0.25) is 0 Å². The van der Waals surface area contributed by atoms with E-state index in [1.807, 2.05) is 0 Å². The Bertz CT molecular complexity index is 419. The quantitative estimate of drug-likeness (QED) is 0.630. The first-order chi connectivity index (χ1) is 6.79. The van der Waals surface area contributed by atoms with Crippen LogP contribution in [0.5, 0.6) is 0 Å². The first kappa shape index (κ1) is 8.75. The first-order valence-electron chi connectivity index (χ1n) is 4.00. The van der Waals surface area contributed by atoms with Gasteiger partial charge in [-0.25, -0.2) is 0 Å². The van der Waals surface area contributed by atoms with Crippen LogP contribution in [0.3, 0.4) is 0 Å². The lowest BCUT2D eigenvalue weighted by molar-refractivity contribution is 0.265. The number of tetrazole rings is 1. The number of aliphatic hydroxyl groups is 1. The molecular weight excluding hydrogens is 186 g/mol. The third-order valence-corrected chi connectivity index (χ3v) is 1.70. The van der Waals surface area contributed by atoms with Crippen molar-refractivity contribution in [3.8, 4) is 0 Å². The average Bonchev–Trinajstić information content (AvgIpc) is 2.76. The summed E-state index contributed by atoms with van der Waals surface area (Å²) in [7, 11) is 1.69. The van der Waals surface area contributed by atoms with Crippen LogP contribution in [0.15, 0.2) is 6.33 Å². The first-order valence-corrected chi connectivity index (χ1v) is 4.00. The molecule has 0 aliphatic rings. The minimum atomic E-state index is -0.153. The van der Waals surface area contributed by atoms with Crippen molar-refractivity contribution in [2.75, 3.05) is 0 Å². The van der Waals surface area contributed by atoms with E-state index in [-0.39, 0.29) is 6.61 Å². The van der Waals surface area contributed by atoms with Crippen molar-refractivity contribution in [2.45, 2.75) is 13.2 Å². The molecule has 0 spiro atoms. The van der Waals surface area contributed by atoms with E-state index in [4.69, 9.17) is 5.11 Å². The van der Waals surface area contributed by atoms with Crippen LogP contribution in [-0.4, -0.2) is 40.1 Å². The number of aliphatic hydroxyl groups excluding tert-OH is 1. The van der Waals surface area contributed by atoms with E-state index in [2.05, 4.69) is 25.6 Å². The van der Waals surface area contributed by atoms with Gasteiger partial charge in [0.05, 0.1) is 13.6 Å². The number of hydrogen-bond donors (Lipinski definition) is 1. The zero-order valence-corrected chi connectivity index (χ0v) is 7.57. The largest absolute Gasteiger partial charge is 0.388 e. The van der Waals surface area contributed by atoms with Gasteiger partial charge in [-0.05, 0) is 5.21 Å². The smallest absolute Gasteiger partial charge is 0.194 e. The number of rotatable bonds is 3. The lowest BCUT2D eigenvalue weighted by atomic mass is 10.5. The van der Waals surface area contributed by atoms with Gasteiger partial charge in [0.15, 0.2) is 11.6 Å². The Balaban J connectivity index is 2.18. The highest BCUT2D eigenvalue weighted by Crippen LogP contribution is 1.97. The summed E-state index contributed by atoms with van der Waals surface area (Å²) in [6, 6.07) is 0. The number of hydrogen-bond acceptors (Lipinski definition) is 6. The number of aryl methyl sites for hydroxylation is 1. The molecule has 0 radical (unpaired) electrons. The third-order valence-electron chi connectivity index (χ3n) is 1.70. The van der Waals surface area contributed by atoms with Crippen molar-refractivity contribution in [3.63, 3.8) is 0 Å². The molecule has 2 aromatic heterocycles. The van der Waals surface area contributed by atoms with Crippen LogP contribution in [0, 0.1) is 0 Å². The predicted molar refractivity (Wildman–Crippen MR) is 43.8 cm³/mol. The van der Waals surface area contributed by atoms with Crippen molar-refractivity contribution in [2.24, 2.45) is 7.05 Å². The standard InChI is InChI=1S/C6H9N7O/c1-12-10-5(8-11-12)2-13-4-7-9-6(13)3-14/h4,14H,2-3H2,1H3. The maximum Gasteiger partial charge on any atom is 0.194 e. The van der Waals surface area contributed by atoms with Crippen LogP contribution in [0.25, 0.3) is 0 Å².